The Hall–Kier alpha value is -2.66. The first-order valence-corrected chi connectivity index (χ1v) is 7.93. The second kappa shape index (κ2) is 7.27. The van der Waals surface area contributed by atoms with Crippen molar-refractivity contribution in [1.82, 2.24) is 10.2 Å². The van der Waals surface area contributed by atoms with Crippen molar-refractivity contribution < 1.29 is 9.21 Å². The zero-order valence-corrected chi connectivity index (χ0v) is 13.9. The monoisotopic (exact) mass is 341 g/mol. The standard InChI is InChI=1S/C18H16ClN3O2/c1-12-5-7-13(8-6-12)18-22-21-17(24-18)10-9-16(23)20-15-4-2-3-14(19)11-15/h2-8,11H,9-10H2,1H3,(H,20,23). The Morgan fingerprint density at radius 1 is 1.17 bits per heavy atom. The Labute approximate surface area is 144 Å². The van der Waals surface area contributed by atoms with Crippen molar-refractivity contribution >= 4 is 23.2 Å². The molecule has 3 rings (SSSR count). The van der Waals surface area contributed by atoms with Gasteiger partial charge in [-0.3, -0.25) is 4.79 Å². The minimum Gasteiger partial charge on any atom is -0.421 e. The van der Waals surface area contributed by atoms with Gasteiger partial charge in [-0.1, -0.05) is 35.4 Å². The van der Waals surface area contributed by atoms with E-state index in [4.69, 9.17) is 16.0 Å². The van der Waals surface area contributed by atoms with E-state index in [1.807, 2.05) is 31.2 Å². The highest BCUT2D eigenvalue weighted by Gasteiger charge is 2.10. The average molecular weight is 342 g/mol. The molecule has 1 N–H and O–H groups in total. The van der Waals surface area contributed by atoms with Gasteiger partial charge in [-0.2, -0.15) is 0 Å². The van der Waals surface area contributed by atoms with Crippen molar-refractivity contribution in [2.75, 3.05) is 5.32 Å². The van der Waals surface area contributed by atoms with Crippen LogP contribution in [0.1, 0.15) is 17.9 Å². The molecule has 24 heavy (non-hydrogen) atoms. The largest absolute Gasteiger partial charge is 0.421 e. The number of nitrogens with zero attached hydrogens (tertiary/aromatic N) is 2. The molecule has 1 amide bonds. The first-order chi connectivity index (χ1) is 11.6. The third-order valence-electron chi connectivity index (χ3n) is 3.44. The van der Waals surface area contributed by atoms with E-state index >= 15 is 0 Å². The molecule has 1 heterocycles. The summed E-state index contributed by atoms with van der Waals surface area (Å²) in [6.07, 6.45) is 0.632. The Morgan fingerprint density at radius 3 is 2.71 bits per heavy atom. The average Bonchev–Trinajstić information content (AvgIpc) is 3.03. The zero-order valence-electron chi connectivity index (χ0n) is 13.1. The van der Waals surface area contributed by atoms with Crippen molar-refractivity contribution in [3.05, 3.63) is 65.0 Å². The number of nitrogens with one attached hydrogen (secondary N) is 1. The molecule has 0 aliphatic heterocycles. The van der Waals surface area contributed by atoms with Crippen molar-refractivity contribution in [3.63, 3.8) is 0 Å². The SMILES string of the molecule is Cc1ccc(-c2nnc(CCC(=O)Nc3cccc(Cl)c3)o2)cc1. The van der Waals surface area contributed by atoms with Crippen LogP contribution in [0.4, 0.5) is 5.69 Å². The number of benzene rings is 2. The molecule has 0 aliphatic rings. The summed E-state index contributed by atoms with van der Waals surface area (Å²) in [7, 11) is 0. The fraction of sp³-hybridized carbons (Fsp3) is 0.167. The van der Waals surface area contributed by atoms with Crippen molar-refractivity contribution in [3.8, 4) is 11.5 Å². The number of amides is 1. The number of hydrogen-bond acceptors (Lipinski definition) is 4. The summed E-state index contributed by atoms with van der Waals surface area (Å²) in [6.45, 7) is 2.02. The van der Waals surface area contributed by atoms with E-state index in [-0.39, 0.29) is 12.3 Å². The van der Waals surface area contributed by atoms with E-state index in [1.165, 1.54) is 0 Å². The van der Waals surface area contributed by atoms with Gasteiger partial charge in [-0.25, -0.2) is 0 Å². The summed E-state index contributed by atoms with van der Waals surface area (Å²) < 4.78 is 5.61. The highest BCUT2D eigenvalue weighted by atomic mass is 35.5. The maximum absolute atomic E-state index is 12.0. The molecule has 0 unspecified atom stereocenters. The third kappa shape index (κ3) is 4.20. The number of aryl methyl sites for hydroxylation is 2. The van der Waals surface area contributed by atoms with Crippen LogP contribution in [-0.4, -0.2) is 16.1 Å². The van der Waals surface area contributed by atoms with Crippen LogP contribution in [0.2, 0.25) is 5.02 Å². The van der Waals surface area contributed by atoms with Gasteiger partial charge in [0.2, 0.25) is 17.7 Å². The summed E-state index contributed by atoms with van der Waals surface area (Å²) in [5, 5.41) is 11.4. The zero-order chi connectivity index (χ0) is 16.9. The molecule has 0 spiro atoms. The lowest BCUT2D eigenvalue weighted by Crippen LogP contribution is -2.12. The topological polar surface area (TPSA) is 68.0 Å². The van der Waals surface area contributed by atoms with Gasteiger partial charge in [0.1, 0.15) is 0 Å². The van der Waals surface area contributed by atoms with E-state index in [1.54, 1.807) is 24.3 Å². The predicted octanol–water partition coefficient (Wildman–Crippen LogP) is 4.27. The summed E-state index contributed by atoms with van der Waals surface area (Å²) >= 11 is 5.89. The number of halogens is 1. The van der Waals surface area contributed by atoms with Gasteiger partial charge in [0.05, 0.1) is 0 Å². The first kappa shape index (κ1) is 16.2. The molecule has 0 radical (unpaired) electrons. The van der Waals surface area contributed by atoms with Crippen LogP contribution in [0.5, 0.6) is 0 Å². The predicted molar refractivity (Wildman–Crippen MR) is 92.9 cm³/mol. The smallest absolute Gasteiger partial charge is 0.247 e. The molecule has 0 fully saturated rings. The Morgan fingerprint density at radius 2 is 1.96 bits per heavy atom. The summed E-state index contributed by atoms with van der Waals surface area (Å²) in [6, 6.07) is 14.8. The first-order valence-electron chi connectivity index (χ1n) is 7.55. The lowest BCUT2D eigenvalue weighted by atomic mass is 10.1. The molecule has 0 aliphatic carbocycles. The Balaban J connectivity index is 1.57. The molecule has 122 valence electrons. The van der Waals surface area contributed by atoms with Crippen LogP contribution in [-0.2, 0) is 11.2 Å². The second-order valence-corrected chi connectivity index (χ2v) is 5.86. The van der Waals surface area contributed by atoms with Gasteiger partial charge in [0.25, 0.3) is 0 Å². The highest BCUT2D eigenvalue weighted by Crippen LogP contribution is 2.19. The quantitative estimate of drug-likeness (QED) is 0.752. The van der Waals surface area contributed by atoms with Gasteiger partial charge in [0.15, 0.2) is 0 Å². The fourth-order valence-electron chi connectivity index (χ4n) is 2.18. The Kier molecular flexibility index (Phi) is 4.91. The molecular weight excluding hydrogens is 326 g/mol. The lowest BCUT2D eigenvalue weighted by Gasteiger charge is -2.04. The van der Waals surface area contributed by atoms with E-state index in [0.717, 1.165) is 11.1 Å². The molecule has 1 aromatic heterocycles. The maximum atomic E-state index is 12.0. The van der Waals surface area contributed by atoms with E-state index in [2.05, 4.69) is 15.5 Å². The number of carbonyl (C=O) groups is 1. The van der Waals surface area contributed by atoms with Crippen LogP contribution < -0.4 is 5.32 Å². The van der Waals surface area contributed by atoms with Crippen molar-refractivity contribution in [2.24, 2.45) is 0 Å². The molecule has 5 nitrogen and oxygen atoms in total. The van der Waals surface area contributed by atoms with E-state index in [0.29, 0.717) is 28.9 Å². The number of aromatic nitrogens is 2. The summed E-state index contributed by atoms with van der Waals surface area (Å²) in [5.41, 5.74) is 2.69. The molecule has 2 aromatic carbocycles. The second-order valence-electron chi connectivity index (χ2n) is 5.43. The number of rotatable bonds is 5. The molecule has 6 heteroatoms. The minimum absolute atomic E-state index is 0.132. The van der Waals surface area contributed by atoms with Gasteiger partial charge in [0, 0.05) is 29.1 Å². The third-order valence-corrected chi connectivity index (χ3v) is 3.67. The minimum atomic E-state index is -0.132. The molecule has 0 atom stereocenters. The van der Waals surface area contributed by atoms with Crippen molar-refractivity contribution in [2.45, 2.75) is 19.8 Å². The van der Waals surface area contributed by atoms with Crippen LogP contribution >= 0.6 is 11.6 Å². The maximum Gasteiger partial charge on any atom is 0.247 e. The fourth-order valence-corrected chi connectivity index (χ4v) is 2.37. The van der Waals surface area contributed by atoms with Crippen LogP contribution in [0.15, 0.2) is 52.9 Å². The number of carbonyl (C=O) groups excluding carboxylic acids is 1. The van der Waals surface area contributed by atoms with Crippen LogP contribution in [0.25, 0.3) is 11.5 Å². The van der Waals surface area contributed by atoms with E-state index in [9.17, 15) is 4.79 Å². The summed E-state index contributed by atoms with van der Waals surface area (Å²) in [5.74, 6) is 0.763. The normalized spacial score (nSPS) is 10.6. The Bertz CT molecular complexity index is 843. The summed E-state index contributed by atoms with van der Waals surface area (Å²) in [4.78, 5) is 12.0. The number of hydrogen-bond donors (Lipinski definition) is 1. The molecule has 0 bridgehead atoms. The van der Waals surface area contributed by atoms with Crippen molar-refractivity contribution in [1.29, 1.82) is 0 Å². The van der Waals surface area contributed by atoms with E-state index < -0.39 is 0 Å². The molecular formula is C18H16ClN3O2. The highest BCUT2D eigenvalue weighted by molar-refractivity contribution is 6.30. The molecule has 0 saturated carbocycles. The van der Waals surface area contributed by atoms with Gasteiger partial charge in [-0.05, 0) is 37.3 Å². The lowest BCUT2D eigenvalue weighted by molar-refractivity contribution is -0.116. The van der Waals surface area contributed by atoms with Crippen LogP contribution in [0.3, 0.4) is 0 Å². The van der Waals surface area contributed by atoms with Gasteiger partial charge >= 0.3 is 0 Å². The number of anilines is 1. The molecule has 3 aromatic rings. The van der Waals surface area contributed by atoms with Gasteiger partial charge < -0.3 is 9.73 Å². The van der Waals surface area contributed by atoms with Crippen LogP contribution in [0, 0.1) is 6.92 Å². The van der Waals surface area contributed by atoms with Gasteiger partial charge in [-0.15, -0.1) is 10.2 Å². The molecule has 0 saturated heterocycles.